The molecule has 2 aromatic carbocycles. The molecule has 0 radical (unpaired) electrons. The van der Waals surface area contributed by atoms with Gasteiger partial charge >= 0.3 is 0 Å². The summed E-state index contributed by atoms with van der Waals surface area (Å²) < 4.78 is 0. The summed E-state index contributed by atoms with van der Waals surface area (Å²) in [6, 6.07) is 23.7. The van der Waals surface area contributed by atoms with E-state index in [1.807, 2.05) is 0 Å². The van der Waals surface area contributed by atoms with Gasteiger partial charge in [0.1, 0.15) is 0 Å². The lowest BCUT2D eigenvalue weighted by Gasteiger charge is -2.30. The van der Waals surface area contributed by atoms with Crippen molar-refractivity contribution in [3.63, 3.8) is 0 Å². The van der Waals surface area contributed by atoms with Crippen LogP contribution in [0.3, 0.4) is 0 Å². The number of fused-ring (bicyclic) bond motifs is 1. The lowest BCUT2D eigenvalue weighted by Crippen LogP contribution is -2.21. The van der Waals surface area contributed by atoms with Crippen molar-refractivity contribution in [2.75, 3.05) is 4.90 Å². The molecule has 0 saturated carbocycles. The Morgan fingerprint density at radius 3 is 2.32 bits per heavy atom. The largest absolute Gasteiger partial charge is 0.337 e. The smallest absolute Gasteiger partial charge is 0.0482 e. The number of nitrogens with zero attached hydrogens (tertiary/aromatic N) is 2. The minimum atomic E-state index is 0.876. The van der Waals surface area contributed by atoms with Crippen LogP contribution in [0.15, 0.2) is 66.7 Å². The molecule has 1 heterocycles. The number of aryl methyl sites for hydroxylation is 2. The van der Waals surface area contributed by atoms with Gasteiger partial charge in [-0.3, -0.25) is 4.98 Å². The Morgan fingerprint density at radius 1 is 0.880 bits per heavy atom. The normalized spacial score (nSPS) is 13.3. The van der Waals surface area contributed by atoms with Crippen molar-refractivity contribution in [3.8, 4) is 0 Å². The summed E-state index contributed by atoms with van der Waals surface area (Å²) in [4.78, 5) is 7.28. The second kappa shape index (κ2) is 7.10. The Kier molecular flexibility index (Phi) is 4.51. The van der Waals surface area contributed by atoms with Crippen molar-refractivity contribution in [2.24, 2.45) is 0 Å². The summed E-state index contributed by atoms with van der Waals surface area (Å²) >= 11 is 0. The number of benzene rings is 2. The Morgan fingerprint density at radius 2 is 1.56 bits per heavy atom. The van der Waals surface area contributed by atoms with Gasteiger partial charge in [-0.25, -0.2) is 0 Å². The SMILES string of the molecule is Cc1cc(N(Cc2ccccc2)c2ccccc2)c2c(n1)CCCC2. The number of hydrogen-bond donors (Lipinski definition) is 0. The number of hydrogen-bond acceptors (Lipinski definition) is 2. The van der Waals surface area contributed by atoms with Gasteiger partial charge in [-0.1, -0.05) is 48.5 Å². The number of para-hydroxylation sites is 1. The molecule has 3 aromatic rings. The summed E-state index contributed by atoms with van der Waals surface area (Å²) in [5.41, 5.74) is 7.75. The zero-order valence-corrected chi connectivity index (χ0v) is 14.8. The average Bonchev–Trinajstić information content (AvgIpc) is 2.67. The molecular formula is C23H24N2. The highest BCUT2D eigenvalue weighted by Crippen LogP contribution is 2.35. The van der Waals surface area contributed by atoms with Gasteiger partial charge in [0, 0.05) is 29.3 Å². The van der Waals surface area contributed by atoms with E-state index in [9.17, 15) is 0 Å². The van der Waals surface area contributed by atoms with E-state index in [0.717, 1.165) is 25.1 Å². The van der Waals surface area contributed by atoms with Crippen LogP contribution in [-0.2, 0) is 19.4 Å². The monoisotopic (exact) mass is 328 g/mol. The van der Waals surface area contributed by atoms with E-state index in [0.29, 0.717) is 0 Å². The molecule has 0 bridgehead atoms. The van der Waals surface area contributed by atoms with Crippen LogP contribution in [-0.4, -0.2) is 4.98 Å². The molecule has 0 spiro atoms. The molecule has 1 aliphatic rings. The molecule has 0 amide bonds. The highest BCUT2D eigenvalue weighted by Gasteiger charge is 2.20. The minimum absolute atomic E-state index is 0.876. The Hall–Kier alpha value is -2.61. The van der Waals surface area contributed by atoms with E-state index in [1.165, 1.54) is 41.0 Å². The van der Waals surface area contributed by atoms with Crippen LogP contribution in [0, 0.1) is 6.92 Å². The molecule has 0 unspecified atom stereocenters. The number of pyridine rings is 1. The molecule has 2 heteroatoms. The van der Waals surface area contributed by atoms with E-state index in [4.69, 9.17) is 4.98 Å². The maximum Gasteiger partial charge on any atom is 0.0482 e. The molecule has 126 valence electrons. The van der Waals surface area contributed by atoms with Gasteiger partial charge in [0.15, 0.2) is 0 Å². The minimum Gasteiger partial charge on any atom is -0.337 e. The zero-order chi connectivity index (χ0) is 17.1. The molecule has 2 nitrogen and oxygen atoms in total. The van der Waals surface area contributed by atoms with Crippen molar-refractivity contribution in [2.45, 2.75) is 39.2 Å². The molecule has 4 rings (SSSR count). The second-order valence-electron chi connectivity index (χ2n) is 6.82. The molecule has 0 atom stereocenters. The zero-order valence-electron chi connectivity index (χ0n) is 14.8. The standard InChI is InChI=1S/C23H24N2/c1-18-16-23(21-14-8-9-15-22(21)24-18)25(20-12-6-3-7-13-20)17-19-10-4-2-5-11-19/h2-7,10-13,16H,8-9,14-15,17H2,1H3. The molecule has 25 heavy (non-hydrogen) atoms. The summed E-state index contributed by atoms with van der Waals surface area (Å²) in [6.45, 7) is 2.99. The van der Waals surface area contributed by atoms with Gasteiger partial charge in [-0.15, -0.1) is 0 Å². The number of aromatic nitrogens is 1. The Bertz CT molecular complexity index is 841. The highest BCUT2D eigenvalue weighted by atomic mass is 15.1. The summed E-state index contributed by atoms with van der Waals surface area (Å²) in [5.74, 6) is 0. The van der Waals surface area contributed by atoms with E-state index < -0.39 is 0 Å². The predicted molar refractivity (Wildman–Crippen MR) is 104 cm³/mol. The van der Waals surface area contributed by atoms with Crippen molar-refractivity contribution in [1.29, 1.82) is 0 Å². The van der Waals surface area contributed by atoms with Crippen LogP contribution in [0.5, 0.6) is 0 Å². The van der Waals surface area contributed by atoms with Gasteiger partial charge < -0.3 is 4.90 Å². The Balaban J connectivity index is 1.82. The maximum absolute atomic E-state index is 4.83. The van der Waals surface area contributed by atoms with Crippen molar-refractivity contribution in [3.05, 3.63) is 89.2 Å². The van der Waals surface area contributed by atoms with Gasteiger partial charge in [-0.05, 0) is 61.9 Å². The Labute approximate surface area is 150 Å². The van der Waals surface area contributed by atoms with E-state index >= 15 is 0 Å². The number of anilines is 2. The van der Waals surface area contributed by atoms with Gasteiger partial charge in [0.2, 0.25) is 0 Å². The van der Waals surface area contributed by atoms with Crippen LogP contribution in [0.2, 0.25) is 0 Å². The van der Waals surface area contributed by atoms with Crippen LogP contribution in [0.25, 0.3) is 0 Å². The van der Waals surface area contributed by atoms with E-state index in [1.54, 1.807) is 0 Å². The predicted octanol–water partition coefficient (Wildman–Crippen LogP) is 5.61. The highest BCUT2D eigenvalue weighted by molar-refractivity contribution is 5.68. The van der Waals surface area contributed by atoms with Crippen molar-refractivity contribution in [1.82, 2.24) is 4.98 Å². The first-order valence-corrected chi connectivity index (χ1v) is 9.17. The van der Waals surface area contributed by atoms with Crippen LogP contribution in [0.4, 0.5) is 11.4 Å². The van der Waals surface area contributed by atoms with Crippen LogP contribution in [0.1, 0.15) is 35.4 Å². The average molecular weight is 328 g/mol. The van der Waals surface area contributed by atoms with Gasteiger partial charge in [0.05, 0.1) is 0 Å². The van der Waals surface area contributed by atoms with Crippen molar-refractivity contribution < 1.29 is 0 Å². The first kappa shape index (κ1) is 15.9. The van der Waals surface area contributed by atoms with Gasteiger partial charge in [0.25, 0.3) is 0 Å². The van der Waals surface area contributed by atoms with E-state index in [2.05, 4.69) is 78.6 Å². The molecule has 0 aliphatic heterocycles. The fraction of sp³-hybridized carbons (Fsp3) is 0.261. The third-order valence-corrected chi connectivity index (χ3v) is 4.95. The summed E-state index contributed by atoms with van der Waals surface area (Å²) in [6.07, 6.45) is 4.76. The quantitative estimate of drug-likeness (QED) is 0.619. The molecule has 1 aliphatic carbocycles. The van der Waals surface area contributed by atoms with E-state index in [-0.39, 0.29) is 0 Å². The lowest BCUT2D eigenvalue weighted by molar-refractivity contribution is 0.663. The topological polar surface area (TPSA) is 16.1 Å². The summed E-state index contributed by atoms with van der Waals surface area (Å²) in [5, 5.41) is 0. The molecule has 0 N–H and O–H groups in total. The molecule has 1 aromatic heterocycles. The summed E-state index contributed by atoms with van der Waals surface area (Å²) in [7, 11) is 0. The van der Waals surface area contributed by atoms with Crippen LogP contribution < -0.4 is 4.90 Å². The maximum atomic E-state index is 4.83. The molecule has 0 fully saturated rings. The third kappa shape index (κ3) is 3.43. The molecule has 0 saturated heterocycles. The van der Waals surface area contributed by atoms with Crippen LogP contribution >= 0.6 is 0 Å². The fourth-order valence-electron chi connectivity index (χ4n) is 3.75. The third-order valence-electron chi connectivity index (χ3n) is 4.95. The molecular weight excluding hydrogens is 304 g/mol. The first-order valence-electron chi connectivity index (χ1n) is 9.17. The first-order chi connectivity index (χ1) is 12.3. The second-order valence-corrected chi connectivity index (χ2v) is 6.82. The fourth-order valence-corrected chi connectivity index (χ4v) is 3.75. The van der Waals surface area contributed by atoms with Gasteiger partial charge in [-0.2, -0.15) is 0 Å². The lowest BCUT2D eigenvalue weighted by atomic mass is 9.93. The number of rotatable bonds is 4. The van der Waals surface area contributed by atoms with Crippen molar-refractivity contribution >= 4 is 11.4 Å².